The van der Waals surface area contributed by atoms with E-state index in [-0.39, 0.29) is 31.9 Å². The number of rotatable bonds is 6. The zero-order valence-electron chi connectivity index (χ0n) is 33.3. The first-order chi connectivity index (χ1) is 27.2. The van der Waals surface area contributed by atoms with Crippen LogP contribution in [0.3, 0.4) is 0 Å². The van der Waals surface area contributed by atoms with Gasteiger partial charge in [-0.1, -0.05) is 49.9 Å². The van der Waals surface area contributed by atoms with Gasteiger partial charge in [-0.05, 0) is 116 Å². The molecule has 1 aromatic heterocycles. The van der Waals surface area contributed by atoms with E-state index >= 15 is 0 Å². The van der Waals surface area contributed by atoms with Crippen molar-refractivity contribution >= 4 is 56.3 Å². The molecule has 3 aliphatic heterocycles. The molecule has 310 valence electrons. The van der Waals surface area contributed by atoms with Gasteiger partial charge in [-0.2, -0.15) is 0 Å². The van der Waals surface area contributed by atoms with Crippen molar-refractivity contribution in [2.45, 2.75) is 164 Å². The number of fused-ring (bicyclic) bond motifs is 4. The fraction of sp³-hybridized carbons (Fsp3) is 0.643. The van der Waals surface area contributed by atoms with Gasteiger partial charge in [0.25, 0.3) is 5.91 Å². The zero-order valence-corrected chi connectivity index (χ0v) is 34.9. The van der Waals surface area contributed by atoms with E-state index < -0.39 is 61.8 Å². The summed E-state index contributed by atoms with van der Waals surface area (Å²) in [6, 6.07) is 3.46. The summed E-state index contributed by atoms with van der Waals surface area (Å²) >= 11 is 6.41. The first kappa shape index (κ1) is 41.3. The van der Waals surface area contributed by atoms with E-state index in [1.165, 1.54) is 4.90 Å². The number of hydrogen-bond acceptors (Lipinski definition) is 9. The van der Waals surface area contributed by atoms with Crippen LogP contribution >= 0.6 is 11.6 Å². The number of hydrogen-bond donors (Lipinski definition) is 3. The first-order valence-electron chi connectivity index (χ1n) is 20.8. The van der Waals surface area contributed by atoms with Crippen LogP contribution in [-0.2, 0) is 35.6 Å². The van der Waals surface area contributed by atoms with Gasteiger partial charge >= 0.3 is 6.09 Å². The molecular weight excluding hydrogens is 770 g/mol. The molecule has 57 heavy (non-hydrogen) atoms. The van der Waals surface area contributed by atoms with Crippen molar-refractivity contribution in [2.75, 3.05) is 6.54 Å². The van der Waals surface area contributed by atoms with Crippen molar-refractivity contribution in [2.24, 2.45) is 0 Å². The standard InChI is InChI=1S/C42H56ClN5O8S/c1-4-42(38(51)47-57(53,54)40(3)22-23-40)20-13-8-6-5-7-12-16-33(45-39(52)55-29-14-10-9-11-15-29)37(50)48-26-41(25-34(48)36(49)46-42)21-19-30-31-24-28(43)17-18-32(31)44-27(2)35(30)56-41/h8,13,17-18,24,29,33-34H,4-7,9-12,14-16,19-23,25-26H2,1-3H3,(H,45,52)(H,46,49)(H,47,51). The molecule has 2 saturated carbocycles. The lowest BCUT2D eigenvalue weighted by Crippen LogP contribution is -2.63. The predicted molar refractivity (Wildman–Crippen MR) is 216 cm³/mol. The van der Waals surface area contributed by atoms with Gasteiger partial charge in [0.05, 0.1) is 22.5 Å². The van der Waals surface area contributed by atoms with E-state index in [1.807, 2.05) is 31.2 Å². The van der Waals surface area contributed by atoms with Crippen molar-refractivity contribution in [1.82, 2.24) is 25.2 Å². The predicted octanol–water partition coefficient (Wildman–Crippen LogP) is 6.46. The molecule has 4 atom stereocenters. The molecule has 3 fully saturated rings. The molecule has 3 N–H and O–H groups in total. The molecule has 2 aliphatic carbocycles. The van der Waals surface area contributed by atoms with Crippen LogP contribution in [0.4, 0.5) is 4.79 Å². The van der Waals surface area contributed by atoms with Crippen LogP contribution < -0.4 is 20.1 Å². The molecule has 4 amide bonds. The van der Waals surface area contributed by atoms with Crippen LogP contribution in [0.25, 0.3) is 10.9 Å². The summed E-state index contributed by atoms with van der Waals surface area (Å²) in [6.45, 7) is 5.25. The lowest BCUT2D eigenvalue weighted by Gasteiger charge is -2.36. The number of carbonyl (C=O) groups is 4. The third-order valence-corrected chi connectivity index (χ3v) is 15.3. The number of nitrogens with zero attached hydrogens (tertiary/aromatic N) is 2. The van der Waals surface area contributed by atoms with Gasteiger partial charge in [-0.15, -0.1) is 0 Å². The summed E-state index contributed by atoms with van der Waals surface area (Å²) in [7, 11) is -4.02. The molecule has 13 nitrogen and oxygen atoms in total. The Morgan fingerprint density at radius 3 is 2.53 bits per heavy atom. The van der Waals surface area contributed by atoms with Crippen LogP contribution in [0.2, 0.25) is 5.02 Å². The van der Waals surface area contributed by atoms with Gasteiger partial charge in [-0.3, -0.25) is 19.1 Å². The van der Waals surface area contributed by atoms with Crippen molar-refractivity contribution < 1.29 is 37.1 Å². The normalized spacial score (nSPS) is 28.3. The number of halogens is 1. The van der Waals surface area contributed by atoms with E-state index in [0.717, 1.165) is 61.4 Å². The molecule has 5 aliphatic rings. The maximum absolute atomic E-state index is 14.9. The van der Waals surface area contributed by atoms with Crippen LogP contribution in [0.15, 0.2) is 30.4 Å². The second kappa shape index (κ2) is 16.4. The third-order valence-electron chi connectivity index (χ3n) is 13.0. The zero-order chi connectivity index (χ0) is 40.6. The SMILES string of the molecule is CCC1(C(=O)NS(=O)(=O)C2(C)CC2)CC=CCCCCCC(NC(=O)OC2CCCCC2)C(=O)N2CC3(CCc4c(c(C)nc5ccc(Cl)cc45)O3)CC2C(=O)N1. The van der Waals surface area contributed by atoms with Crippen molar-refractivity contribution in [3.05, 3.63) is 46.6 Å². The Morgan fingerprint density at radius 2 is 1.79 bits per heavy atom. The molecular formula is C42H56ClN5O8S. The molecule has 0 radical (unpaired) electrons. The molecule has 1 spiro atoms. The van der Waals surface area contributed by atoms with E-state index in [0.29, 0.717) is 61.4 Å². The average Bonchev–Trinajstić information content (AvgIpc) is 3.85. The van der Waals surface area contributed by atoms with Crippen molar-refractivity contribution in [3.8, 4) is 5.75 Å². The Morgan fingerprint density at radius 1 is 1.05 bits per heavy atom. The van der Waals surface area contributed by atoms with Crippen LogP contribution in [0, 0.1) is 6.92 Å². The van der Waals surface area contributed by atoms with Crippen molar-refractivity contribution in [3.63, 3.8) is 0 Å². The maximum atomic E-state index is 14.9. The molecule has 4 unspecified atom stereocenters. The largest absolute Gasteiger partial charge is 0.483 e. The van der Waals surface area contributed by atoms with Gasteiger partial charge in [0, 0.05) is 22.4 Å². The fourth-order valence-electron chi connectivity index (χ4n) is 8.95. The minimum absolute atomic E-state index is 0.0458. The van der Waals surface area contributed by atoms with Gasteiger partial charge < -0.3 is 25.0 Å². The Balaban J connectivity index is 1.23. The smallest absolute Gasteiger partial charge is 0.408 e. The van der Waals surface area contributed by atoms with Gasteiger partial charge in [0.15, 0.2) is 0 Å². The number of pyridine rings is 1. The number of ether oxygens (including phenoxy) is 2. The number of amides is 4. The second-order valence-electron chi connectivity index (χ2n) is 17.1. The lowest BCUT2D eigenvalue weighted by molar-refractivity contribution is -0.142. The van der Waals surface area contributed by atoms with Crippen LogP contribution in [0.1, 0.15) is 128 Å². The summed E-state index contributed by atoms with van der Waals surface area (Å²) in [4.78, 5) is 63.5. The minimum atomic E-state index is -4.02. The maximum Gasteiger partial charge on any atom is 0.408 e. The minimum Gasteiger partial charge on any atom is -0.483 e. The number of carbonyl (C=O) groups excluding carboxylic acids is 4. The molecule has 7 rings (SSSR count). The van der Waals surface area contributed by atoms with Gasteiger partial charge in [0.2, 0.25) is 21.8 Å². The first-order valence-corrected chi connectivity index (χ1v) is 22.6. The molecule has 1 saturated heterocycles. The second-order valence-corrected chi connectivity index (χ2v) is 19.8. The Labute approximate surface area is 340 Å². The molecule has 0 bridgehead atoms. The van der Waals surface area contributed by atoms with Gasteiger partial charge in [0.1, 0.15) is 35.1 Å². The Kier molecular flexibility index (Phi) is 11.9. The summed E-state index contributed by atoms with van der Waals surface area (Å²) in [5.74, 6) is -1.27. The summed E-state index contributed by atoms with van der Waals surface area (Å²) < 4.78 is 40.6. The molecule has 1 aromatic carbocycles. The number of allylic oxidation sites excluding steroid dienone is 1. The van der Waals surface area contributed by atoms with Gasteiger partial charge in [-0.25, -0.2) is 18.2 Å². The number of nitrogens with one attached hydrogen (secondary N) is 3. The number of sulfonamides is 1. The molecule has 2 aromatic rings. The number of benzene rings is 1. The molecule has 4 heterocycles. The highest BCUT2D eigenvalue weighted by Gasteiger charge is 2.56. The van der Waals surface area contributed by atoms with Crippen molar-refractivity contribution in [1.29, 1.82) is 0 Å². The lowest BCUT2D eigenvalue weighted by atomic mass is 9.86. The summed E-state index contributed by atoms with van der Waals surface area (Å²) in [6.07, 6.45) is 12.9. The summed E-state index contributed by atoms with van der Waals surface area (Å²) in [5.41, 5.74) is -0.212. The topological polar surface area (TPSA) is 173 Å². The quantitative estimate of drug-likeness (QED) is 0.276. The fourth-order valence-corrected chi connectivity index (χ4v) is 10.4. The monoisotopic (exact) mass is 825 g/mol. The van der Waals surface area contributed by atoms with Crippen LogP contribution in [-0.4, -0.2) is 82.7 Å². The number of aryl methyl sites for hydroxylation is 2. The highest BCUT2D eigenvalue weighted by molar-refractivity contribution is 7.91. The Hall–Kier alpha value is -3.91. The number of aromatic nitrogens is 1. The van der Waals surface area contributed by atoms with E-state index in [9.17, 15) is 27.6 Å². The van der Waals surface area contributed by atoms with E-state index in [1.54, 1.807) is 19.9 Å². The van der Waals surface area contributed by atoms with E-state index in [2.05, 4.69) is 15.4 Å². The summed E-state index contributed by atoms with van der Waals surface area (Å²) in [5, 5.41) is 7.30. The Bertz CT molecular complexity index is 2050. The molecule has 15 heteroatoms. The highest BCUT2D eigenvalue weighted by atomic mass is 35.5. The average molecular weight is 826 g/mol. The van der Waals surface area contributed by atoms with E-state index in [4.69, 9.17) is 26.1 Å². The number of alkyl carbamates (subject to hydrolysis) is 1. The third kappa shape index (κ3) is 8.63. The van der Waals surface area contributed by atoms with Crippen LogP contribution in [0.5, 0.6) is 5.75 Å². The highest BCUT2D eigenvalue weighted by Crippen LogP contribution is 2.46.